The number of amides is 2. The summed E-state index contributed by atoms with van der Waals surface area (Å²) in [6.07, 6.45) is 1.15. The third kappa shape index (κ3) is 5.75. The first-order chi connectivity index (χ1) is 9.97. The molecule has 2 N–H and O–H groups in total. The van der Waals surface area contributed by atoms with Crippen molar-refractivity contribution in [2.45, 2.75) is 32.7 Å². The number of benzene rings is 1. The molecule has 0 aliphatic rings. The molecule has 1 rings (SSSR count). The van der Waals surface area contributed by atoms with Crippen molar-refractivity contribution in [1.82, 2.24) is 10.6 Å². The van der Waals surface area contributed by atoms with E-state index in [9.17, 15) is 9.59 Å². The minimum atomic E-state index is -0.239. The van der Waals surface area contributed by atoms with Crippen LogP contribution in [0.5, 0.6) is 5.75 Å². The normalized spacial score (nSPS) is 11.6. The molecule has 2 amide bonds. The molecule has 6 heteroatoms. The quantitative estimate of drug-likeness (QED) is 0.788. The third-order valence-electron chi connectivity index (χ3n) is 3.08. The molecule has 0 radical (unpaired) electrons. The first-order valence-corrected chi connectivity index (χ1v) is 7.68. The summed E-state index contributed by atoms with van der Waals surface area (Å²) < 4.78 is 5.78. The fraction of sp³-hybridized carbons (Fsp3) is 0.467. The van der Waals surface area contributed by atoms with Crippen molar-refractivity contribution in [3.8, 4) is 5.75 Å². The van der Waals surface area contributed by atoms with E-state index in [0.717, 1.165) is 6.42 Å². The van der Waals surface area contributed by atoms with E-state index in [0.29, 0.717) is 22.3 Å². The Hall–Kier alpha value is -1.56. The van der Waals surface area contributed by atoms with E-state index in [1.165, 1.54) is 0 Å². The number of hydrogen-bond donors (Lipinski definition) is 2. The van der Waals surface area contributed by atoms with Gasteiger partial charge in [-0.05, 0) is 47.5 Å². The molecule has 0 heterocycles. The monoisotopic (exact) mass is 356 g/mol. The third-order valence-corrected chi connectivity index (χ3v) is 3.77. The Labute approximate surface area is 133 Å². The lowest BCUT2D eigenvalue weighted by Crippen LogP contribution is -2.35. The van der Waals surface area contributed by atoms with Gasteiger partial charge in [0.1, 0.15) is 5.75 Å². The van der Waals surface area contributed by atoms with Crippen molar-refractivity contribution in [2.24, 2.45) is 0 Å². The van der Waals surface area contributed by atoms with Crippen molar-refractivity contribution in [3.63, 3.8) is 0 Å². The van der Waals surface area contributed by atoms with Crippen LogP contribution in [-0.2, 0) is 4.79 Å². The Morgan fingerprint density at radius 1 is 1.38 bits per heavy atom. The van der Waals surface area contributed by atoms with Gasteiger partial charge < -0.3 is 15.4 Å². The van der Waals surface area contributed by atoms with Crippen molar-refractivity contribution in [1.29, 1.82) is 0 Å². The summed E-state index contributed by atoms with van der Waals surface area (Å²) in [6.45, 7) is 4.25. The Balaban J connectivity index is 2.49. The van der Waals surface area contributed by atoms with Gasteiger partial charge in [0, 0.05) is 23.5 Å². The van der Waals surface area contributed by atoms with Crippen LogP contribution >= 0.6 is 15.9 Å². The highest BCUT2D eigenvalue weighted by Crippen LogP contribution is 2.22. The smallest absolute Gasteiger partial charge is 0.252 e. The molecule has 0 fully saturated rings. The summed E-state index contributed by atoms with van der Waals surface area (Å²) in [4.78, 5) is 23.7. The number of carbonyl (C=O) groups excluding carboxylic acids is 2. The fourth-order valence-electron chi connectivity index (χ4n) is 1.64. The second-order valence-electron chi connectivity index (χ2n) is 4.73. The topological polar surface area (TPSA) is 67.4 Å². The van der Waals surface area contributed by atoms with Crippen LogP contribution in [0.3, 0.4) is 0 Å². The first-order valence-electron chi connectivity index (χ1n) is 6.89. The van der Waals surface area contributed by atoms with E-state index in [1.807, 2.05) is 13.8 Å². The highest BCUT2D eigenvalue weighted by Gasteiger charge is 2.12. The molecule has 0 saturated carbocycles. The van der Waals surface area contributed by atoms with E-state index in [2.05, 4.69) is 26.6 Å². The van der Waals surface area contributed by atoms with Crippen LogP contribution in [0, 0.1) is 0 Å². The van der Waals surface area contributed by atoms with Gasteiger partial charge in [0.05, 0.1) is 12.7 Å². The molecule has 0 saturated heterocycles. The number of hydrogen-bond acceptors (Lipinski definition) is 3. The van der Waals surface area contributed by atoms with Gasteiger partial charge in [0.15, 0.2) is 0 Å². The van der Waals surface area contributed by atoms with Crippen molar-refractivity contribution in [3.05, 3.63) is 28.2 Å². The van der Waals surface area contributed by atoms with E-state index >= 15 is 0 Å². The van der Waals surface area contributed by atoms with Gasteiger partial charge in [-0.15, -0.1) is 0 Å². The van der Waals surface area contributed by atoms with E-state index < -0.39 is 0 Å². The zero-order chi connectivity index (χ0) is 15.8. The number of carbonyl (C=O) groups is 2. The predicted molar refractivity (Wildman–Crippen MR) is 85.5 cm³/mol. The number of nitrogens with one attached hydrogen (secondary N) is 2. The SMILES string of the molecule is CC[C@@H](C)NC(=O)CCNC(=O)c1cc(OC)ccc1Br. The Morgan fingerprint density at radius 3 is 2.71 bits per heavy atom. The Bertz CT molecular complexity index is 506. The van der Waals surface area contributed by atoms with Crippen LogP contribution in [0.1, 0.15) is 37.0 Å². The Kier molecular flexibility index (Phi) is 7.22. The van der Waals surface area contributed by atoms with Crippen LogP contribution < -0.4 is 15.4 Å². The average Bonchev–Trinajstić information content (AvgIpc) is 2.47. The summed E-state index contributed by atoms with van der Waals surface area (Å²) >= 11 is 3.33. The molecule has 0 aliphatic carbocycles. The van der Waals surface area contributed by atoms with Crippen LogP contribution in [0.2, 0.25) is 0 Å². The molecule has 0 aromatic heterocycles. The van der Waals surface area contributed by atoms with Gasteiger partial charge in [-0.2, -0.15) is 0 Å². The fourth-order valence-corrected chi connectivity index (χ4v) is 2.07. The second kappa shape index (κ2) is 8.67. The molecule has 1 aromatic rings. The molecule has 0 spiro atoms. The number of methoxy groups -OCH3 is 1. The number of rotatable bonds is 7. The largest absolute Gasteiger partial charge is 0.497 e. The lowest BCUT2D eigenvalue weighted by molar-refractivity contribution is -0.121. The summed E-state index contributed by atoms with van der Waals surface area (Å²) in [6, 6.07) is 5.32. The van der Waals surface area contributed by atoms with Crippen molar-refractivity contribution >= 4 is 27.7 Å². The molecular weight excluding hydrogens is 336 g/mol. The number of ether oxygens (including phenoxy) is 1. The summed E-state index contributed by atoms with van der Waals surface area (Å²) in [5.41, 5.74) is 0.483. The van der Waals surface area contributed by atoms with Crippen molar-refractivity contribution < 1.29 is 14.3 Å². The summed E-state index contributed by atoms with van der Waals surface area (Å²) in [5, 5.41) is 5.58. The summed E-state index contributed by atoms with van der Waals surface area (Å²) in [5.74, 6) is 0.310. The maximum Gasteiger partial charge on any atom is 0.252 e. The van der Waals surface area contributed by atoms with Crippen LogP contribution in [-0.4, -0.2) is 31.5 Å². The zero-order valence-electron chi connectivity index (χ0n) is 12.5. The molecule has 1 atom stereocenters. The number of halogens is 1. The highest BCUT2D eigenvalue weighted by atomic mass is 79.9. The molecule has 0 bridgehead atoms. The lowest BCUT2D eigenvalue weighted by Gasteiger charge is -2.12. The minimum Gasteiger partial charge on any atom is -0.497 e. The first kappa shape index (κ1) is 17.5. The minimum absolute atomic E-state index is 0.0608. The van der Waals surface area contributed by atoms with Crippen LogP contribution in [0.25, 0.3) is 0 Å². The molecule has 21 heavy (non-hydrogen) atoms. The molecule has 0 unspecified atom stereocenters. The highest BCUT2D eigenvalue weighted by molar-refractivity contribution is 9.10. The molecule has 0 aliphatic heterocycles. The zero-order valence-corrected chi connectivity index (χ0v) is 14.1. The predicted octanol–water partition coefficient (Wildman–Crippen LogP) is 2.49. The molecule has 116 valence electrons. The van der Waals surface area contributed by atoms with Gasteiger partial charge in [0.25, 0.3) is 5.91 Å². The van der Waals surface area contributed by atoms with Gasteiger partial charge >= 0.3 is 0 Å². The molecule has 5 nitrogen and oxygen atoms in total. The van der Waals surface area contributed by atoms with Crippen LogP contribution in [0.15, 0.2) is 22.7 Å². The average molecular weight is 357 g/mol. The van der Waals surface area contributed by atoms with Gasteiger partial charge in [-0.25, -0.2) is 0 Å². The van der Waals surface area contributed by atoms with Gasteiger partial charge in [-0.3, -0.25) is 9.59 Å². The van der Waals surface area contributed by atoms with E-state index in [-0.39, 0.29) is 24.3 Å². The van der Waals surface area contributed by atoms with Gasteiger partial charge in [-0.1, -0.05) is 6.92 Å². The maximum atomic E-state index is 12.1. The maximum absolute atomic E-state index is 12.1. The van der Waals surface area contributed by atoms with Crippen molar-refractivity contribution in [2.75, 3.05) is 13.7 Å². The molecule has 1 aromatic carbocycles. The lowest BCUT2D eigenvalue weighted by atomic mass is 10.2. The summed E-state index contributed by atoms with van der Waals surface area (Å²) in [7, 11) is 1.55. The van der Waals surface area contributed by atoms with Crippen LogP contribution in [0.4, 0.5) is 0 Å². The van der Waals surface area contributed by atoms with E-state index in [4.69, 9.17) is 4.74 Å². The second-order valence-corrected chi connectivity index (χ2v) is 5.58. The van der Waals surface area contributed by atoms with E-state index in [1.54, 1.807) is 25.3 Å². The molecular formula is C15H21BrN2O3. The van der Waals surface area contributed by atoms with Gasteiger partial charge in [0.2, 0.25) is 5.91 Å². The Morgan fingerprint density at radius 2 is 2.10 bits per heavy atom. The standard InChI is InChI=1S/C15H21BrN2O3/c1-4-10(2)18-14(19)7-8-17-15(20)12-9-11(21-3)5-6-13(12)16/h5-6,9-10H,4,7-8H2,1-3H3,(H,17,20)(H,18,19)/t10-/m1/s1.